The van der Waals surface area contributed by atoms with Crippen LogP contribution >= 0.6 is 0 Å². The van der Waals surface area contributed by atoms with Gasteiger partial charge in [-0.05, 0) is 31.5 Å². The summed E-state index contributed by atoms with van der Waals surface area (Å²) in [7, 11) is 1.64. The number of hydrogen-bond donors (Lipinski definition) is 2. The van der Waals surface area contributed by atoms with Gasteiger partial charge in [-0.15, -0.1) is 0 Å². The third-order valence-electron chi connectivity index (χ3n) is 4.52. The molecule has 128 valence electrons. The van der Waals surface area contributed by atoms with Crippen molar-refractivity contribution in [3.05, 3.63) is 65.2 Å². The zero-order chi connectivity index (χ0) is 16.9. The SMILES string of the molecule is COc1ccccc1CN[C@H]1CCCN[C@H]1c1cccc(F)c1F. The third-order valence-corrected chi connectivity index (χ3v) is 4.52. The van der Waals surface area contributed by atoms with Crippen LogP contribution in [-0.4, -0.2) is 19.7 Å². The lowest BCUT2D eigenvalue weighted by Crippen LogP contribution is -2.46. The minimum absolute atomic E-state index is 0.0277. The van der Waals surface area contributed by atoms with Crippen LogP contribution in [0.4, 0.5) is 8.78 Å². The van der Waals surface area contributed by atoms with Crippen LogP contribution in [0.15, 0.2) is 42.5 Å². The van der Waals surface area contributed by atoms with E-state index in [0.717, 1.165) is 36.8 Å². The van der Waals surface area contributed by atoms with Gasteiger partial charge in [-0.1, -0.05) is 30.3 Å². The smallest absolute Gasteiger partial charge is 0.163 e. The topological polar surface area (TPSA) is 33.3 Å². The molecule has 0 spiro atoms. The highest BCUT2D eigenvalue weighted by Gasteiger charge is 2.28. The number of para-hydroxylation sites is 1. The van der Waals surface area contributed by atoms with Crippen LogP contribution < -0.4 is 15.4 Å². The van der Waals surface area contributed by atoms with Crippen molar-refractivity contribution in [2.24, 2.45) is 0 Å². The number of methoxy groups -OCH3 is 1. The zero-order valence-electron chi connectivity index (χ0n) is 13.7. The summed E-state index contributed by atoms with van der Waals surface area (Å²) in [6.07, 6.45) is 1.90. The lowest BCUT2D eigenvalue weighted by molar-refractivity contribution is 0.294. The molecule has 5 heteroatoms. The first-order valence-corrected chi connectivity index (χ1v) is 8.23. The highest BCUT2D eigenvalue weighted by Crippen LogP contribution is 2.27. The van der Waals surface area contributed by atoms with Crippen molar-refractivity contribution in [2.75, 3.05) is 13.7 Å². The molecular formula is C19H22F2N2O. The number of halogens is 2. The van der Waals surface area contributed by atoms with E-state index in [1.54, 1.807) is 19.2 Å². The molecule has 0 aromatic heterocycles. The minimum Gasteiger partial charge on any atom is -0.496 e. The molecule has 1 aliphatic rings. The molecule has 2 aromatic rings. The van der Waals surface area contributed by atoms with Crippen LogP contribution in [0.3, 0.4) is 0 Å². The summed E-state index contributed by atoms with van der Waals surface area (Å²) in [6, 6.07) is 11.9. The van der Waals surface area contributed by atoms with Crippen molar-refractivity contribution in [2.45, 2.75) is 31.5 Å². The van der Waals surface area contributed by atoms with Gasteiger partial charge in [0.2, 0.25) is 0 Å². The number of ether oxygens (including phenoxy) is 1. The normalized spacial score (nSPS) is 20.8. The number of nitrogens with one attached hydrogen (secondary N) is 2. The second-order valence-corrected chi connectivity index (χ2v) is 6.02. The molecular weight excluding hydrogens is 310 g/mol. The van der Waals surface area contributed by atoms with E-state index in [1.807, 2.05) is 24.3 Å². The highest BCUT2D eigenvalue weighted by molar-refractivity contribution is 5.33. The molecule has 0 aliphatic carbocycles. The Morgan fingerprint density at radius 3 is 2.83 bits per heavy atom. The van der Waals surface area contributed by atoms with Crippen molar-refractivity contribution in [1.29, 1.82) is 0 Å². The van der Waals surface area contributed by atoms with Gasteiger partial charge in [0, 0.05) is 23.7 Å². The maximum Gasteiger partial charge on any atom is 0.163 e. The largest absolute Gasteiger partial charge is 0.496 e. The van der Waals surface area contributed by atoms with Gasteiger partial charge in [-0.25, -0.2) is 8.78 Å². The Labute approximate surface area is 141 Å². The Morgan fingerprint density at radius 1 is 1.17 bits per heavy atom. The quantitative estimate of drug-likeness (QED) is 0.878. The Hall–Kier alpha value is -1.98. The van der Waals surface area contributed by atoms with Gasteiger partial charge in [0.15, 0.2) is 11.6 Å². The predicted molar refractivity (Wildman–Crippen MR) is 90.0 cm³/mol. The van der Waals surface area contributed by atoms with Crippen molar-refractivity contribution in [1.82, 2.24) is 10.6 Å². The Kier molecular flexibility index (Phi) is 5.43. The van der Waals surface area contributed by atoms with E-state index in [1.165, 1.54) is 0 Å². The maximum atomic E-state index is 14.2. The average Bonchev–Trinajstić information content (AvgIpc) is 2.63. The summed E-state index contributed by atoms with van der Waals surface area (Å²) in [5.74, 6) is -0.744. The Bertz CT molecular complexity index is 693. The van der Waals surface area contributed by atoms with Crippen molar-refractivity contribution >= 4 is 0 Å². The van der Waals surface area contributed by atoms with E-state index in [4.69, 9.17) is 4.74 Å². The van der Waals surface area contributed by atoms with E-state index >= 15 is 0 Å². The zero-order valence-corrected chi connectivity index (χ0v) is 13.7. The number of piperidine rings is 1. The first kappa shape index (κ1) is 16.9. The van der Waals surface area contributed by atoms with E-state index in [-0.39, 0.29) is 12.1 Å². The fourth-order valence-electron chi connectivity index (χ4n) is 3.29. The van der Waals surface area contributed by atoms with Crippen LogP contribution in [0.5, 0.6) is 5.75 Å². The van der Waals surface area contributed by atoms with Crippen LogP contribution in [0, 0.1) is 11.6 Å². The van der Waals surface area contributed by atoms with Crippen molar-refractivity contribution < 1.29 is 13.5 Å². The van der Waals surface area contributed by atoms with Gasteiger partial charge in [-0.3, -0.25) is 0 Å². The number of benzene rings is 2. The van der Waals surface area contributed by atoms with Crippen LogP contribution in [0.1, 0.15) is 30.0 Å². The van der Waals surface area contributed by atoms with Gasteiger partial charge in [0.25, 0.3) is 0 Å². The van der Waals surface area contributed by atoms with E-state index in [9.17, 15) is 8.78 Å². The molecule has 24 heavy (non-hydrogen) atoms. The summed E-state index contributed by atoms with van der Waals surface area (Å²) < 4.78 is 33.1. The van der Waals surface area contributed by atoms with Gasteiger partial charge in [-0.2, -0.15) is 0 Å². The fourth-order valence-corrected chi connectivity index (χ4v) is 3.29. The second-order valence-electron chi connectivity index (χ2n) is 6.02. The lowest BCUT2D eigenvalue weighted by Gasteiger charge is -2.34. The molecule has 0 saturated carbocycles. The monoisotopic (exact) mass is 332 g/mol. The molecule has 2 atom stereocenters. The first-order valence-electron chi connectivity index (χ1n) is 8.23. The summed E-state index contributed by atoms with van der Waals surface area (Å²) >= 11 is 0. The molecule has 1 fully saturated rings. The molecule has 0 bridgehead atoms. The third kappa shape index (κ3) is 3.57. The summed E-state index contributed by atoms with van der Waals surface area (Å²) in [6.45, 7) is 1.41. The van der Waals surface area contributed by atoms with Gasteiger partial charge in [0.1, 0.15) is 5.75 Å². The molecule has 1 heterocycles. The summed E-state index contributed by atoms with van der Waals surface area (Å²) in [4.78, 5) is 0. The molecule has 0 amide bonds. The fraction of sp³-hybridized carbons (Fsp3) is 0.368. The minimum atomic E-state index is -0.802. The molecule has 3 rings (SSSR count). The van der Waals surface area contributed by atoms with Crippen LogP contribution in [-0.2, 0) is 6.54 Å². The molecule has 0 radical (unpaired) electrons. The Morgan fingerprint density at radius 2 is 2.00 bits per heavy atom. The molecule has 3 nitrogen and oxygen atoms in total. The van der Waals surface area contributed by atoms with Gasteiger partial charge < -0.3 is 15.4 Å². The molecule has 0 unspecified atom stereocenters. The van der Waals surface area contributed by atoms with Crippen LogP contribution in [0.2, 0.25) is 0 Å². The number of hydrogen-bond acceptors (Lipinski definition) is 3. The van der Waals surface area contributed by atoms with E-state index in [2.05, 4.69) is 10.6 Å². The Balaban J connectivity index is 1.76. The summed E-state index contributed by atoms with van der Waals surface area (Å²) in [5.41, 5.74) is 1.43. The molecule has 2 aromatic carbocycles. The van der Waals surface area contributed by atoms with Crippen molar-refractivity contribution in [3.63, 3.8) is 0 Å². The van der Waals surface area contributed by atoms with E-state index < -0.39 is 11.6 Å². The molecule has 1 aliphatic heterocycles. The maximum absolute atomic E-state index is 14.2. The first-order chi connectivity index (χ1) is 11.7. The lowest BCUT2D eigenvalue weighted by atomic mass is 9.91. The summed E-state index contributed by atoms with van der Waals surface area (Å²) in [5, 5.41) is 6.79. The van der Waals surface area contributed by atoms with Gasteiger partial charge in [0.05, 0.1) is 13.2 Å². The number of rotatable bonds is 5. The van der Waals surface area contributed by atoms with Crippen molar-refractivity contribution in [3.8, 4) is 5.75 Å². The standard InChI is InChI=1S/C19H22F2N2O/c1-24-17-10-3-2-6-13(17)12-23-16-9-5-11-22-19(16)14-7-4-8-15(20)18(14)21/h2-4,6-8,10,16,19,22-23H,5,9,11-12H2,1H3/t16-,19-/m0/s1. The van der Waals surface area contributed by atoms with Gasteiger partial charge >= 0.3 is 0 Å². The molecule has 2 N–H and O–H groups in total. The van der Waals surface area contributed by atoms with Crippen LogP contribution in [0.25, 0.3) is 0 Å². The average molecular weight is 332 g/mol. The molecule has 1 saturated heterocycles. The predicted octanol–water partition coefficient (Wildman–Crippen LogP) is 3.56. The second kappa shape index (κ2) is 7.73. The van der Waals surface area contributed by atoms with E-state index in [0.29, 0.717) is 12.1 Å². The highest BCUT2D eigenvalue weighted by atomic mass is 19.2.